The number of nitrogens with zero attached hydrogens (tertiary/aromatic N) is 4. The molecular formula is C23H30FN7O4. The van der Waals surface area contributed by atoms with Gasteiger partial charge in [0.2, 0.25) is 0 Å². The van der Waals surface area contributed by atoms with Crippen LogP contribution in [0.25, 0.3) is 11.1 Å². The van der Waals surface area contributed by atoms with Gasteiger partial charge in [-0.3, -0.25) is 0 Å². The average molecular weight is 488 g/mol. The number of nitrogens with one attached hydrogen (secondary N) is 1. The molecule has 0 aliphatic carbocycles. The lowest BCUT2D eigenvalue weighted by Crippen LogP contribution is -2.45. The van der Waals surface area contributed by atoms with E-state index in [1.807, 2.05) is 11.8 Å². The fourth-order valence-corrected chi connectivity index (χ4v) is 3.56. The first-order chi connectivity index (χ1) is 16.9. The standard InChI is InChI=1S/C23H30FN7O4/c1-2-8-27-22(32)31-9-6-15(7-10-31)13-34-21-28-11-17(12-29-21)18-5-3-4-16(19(18)24)14-35-23(33)30-20(25)26/h3-5,11-12,15H,2,6-10,13-14H2,1H3,(H,27,32)(H4,25,26,30,33). The van der Waals surface area contributed by atoms with Crippen molar-refractivity contribution in [3.05, 3.63) is 42.0 Å². The first kappa shape index (κ1) is 25.7. The number of nitrogens with two attached hydrogens (primary N) is 2. The van der Waals surface area contributed by atoms with Gasteiger partial charge in [-0.1, -0.05) is 25.1 Å². The first-order valence-corrected chi connectivity index (χ1v) is 11.4. The molecule has 1 saturated heterocycles. The number of aliphatic imine (C=N–C) groups is 1. The number of carbonyl (C=O) groups is 2. The molecule has 0 spiro atoms. The number of hydrogen-bond acceptors (Lipinski definition) is 6. The second kappa shape index (κ2) is 12.5. The van der Waals surface area contributed by atoms with Crippen molar-refractivity contribution in [1.29, 1.82) is 0 Å². The molecule has 1 aromatic carbocycles. The number of likely N-dealkylation sites (tertiary alicyclic amines) is 1. The summed E-state index contributed by atoms with van der Waals surface area (Å²) >= 11 is 0. The van der Waals surface area contributed by atoms with Crippen molar-refractivity contribution in [3.63, 3.8) is 0 Å². The van der Waals surface area contributed by atoms with Gasteiger partial charge in [0.1, 0.15) is 12.4 Å². The summed E-state index contributed by atoms with van der Waals surface area (Å²) in [6, 6.07) is 4.86. The maximum Gasteiger partial charge on any atom is 0.437 e. The number of rotatable bonds is 8. The second-order valence-electron chi connectivity index (χ2n) is 8.10. The first-order valence-electron chi connectivity index (χ1n) is 11.4. The smallest absolute Gasteiger partial charge is 0.437 e. The van der Waals surface area contributed by atoms with Crippen LogP contribution in [-0.4, -0.2) is 59.2 Å². The summed E-state index contributed by atoms with van der Waals surface area (Å²) in [6.07, 6.45) is 4.51. The molecule has 5 N–H and O–H groups in total. The Balaban J connectivity index is 1.52. The Kier molecular flexibility index (Phi) is 9.16. The van der Waals surface area contributed by atoms with Crippen LogP contribution in [0.1, 0.15) is 31.7 Å². The molecule has 0 atom stereocenters. The molecule has 2 aromatic rings. The number of halogens is 1. The summed E-state index contributed by atoms with van der Waals surface area (Å²) in [5, 5.41) is 2.89. The van der Waals surface area contributed by atoms with E-state index >= 15 is 0 Å². The lowest BCUT2D eigenvalue weighted by atomic mass is 9.98. The van der Waals surface area contributed by atoms with E-state index in [0.29, 0.717) is 37.7 Å². The third-order valence-corrected chi connectivity index (χ3v) is 5.47. The van der Waals surface area contributed by atoms with E-state index in [1.54, 1.807) is 12.1 Å². The summed E-state index contributed by atoms with van der Waals surface area (Å²) in [5.41, 5.74) is 11.1. The average Bonchev–Trinajstić information content (AvgIpc) is 2.85. The third kappa shape index (κ3) is 7.52. The summed E-state index contributed by atoms with van der Waals surface area (Å²) in [4.78, 5) is 36.9. The predicted octanol–water partition coefficient (Wildman–Crippen LogP) is 2.40. The minimum Gasteiger partial charge on any atom is -0.463 e. The fourth-order valence-electron chi connectivity index (χ4n) is 3.56. The zero-order chi connectivity index (χ0) is 25.2. The molecule has 0 saturated carbocycles. The van der Waals surface area contributed by atoms with Crippen LogP contribution in [0.4, 0.5) is 14.0 Å². The number of amides is 3. The second-order valence-corrected chi connectivity index (χ2v) is 8.10. The molecule has 188 valence electrons. The minimum absolute atomic E-state index is 0.0200. The summed E-state index contributed by atoms with van der Waals surface area (Å²) in [6.45, 7) is 4.16. The number of ether oxygens (including phenoxy) is 2. The molecule has 1 aliphatic rings. The predicted molar refractivity (Wildman–Crippen MR) is 127 cm³/mol. The van der Waals surface area contributed by atoms with E-state index in [4.69, 9.17) is 20.9 Å². The molecular weight excluding hydrogens is 457 g/mol. The molecule has 12 heteroatoms. The van der Waals surface area contributed by atoms with Crippen LogP contribution in [-0.2, 0) is 11.3 Å². The van der Waals surface area contributed by atoms with Gasteiger partial charge in [0.25, 0.3) is 0 Å². The van der Waals surface area contributed by atoms with E-state index in [-0.39, 0.29) is 29.8 Å². The Bertz CT molecular complexity index is 1040. The van der Waals surface area contributed by atoms with Crippen LogP contribution in [0.15, 0.2) is 35.6 Å². The van der Waals surface area contributed by atoms with Crippen molar-refractivity contribution < 1.29 is 23.5 Å². The largest absolute Gasteiger partial charge is 0.463 e. The number of hydrogen-bond donors (Lipinski definition) is 3. The third-order valence-electron chi connectivity index (χ3n) is 5.47. The maximum atomic E-state index is 14.9. The highest BCUT2D eigenvalue weighted by Gasteiger charge is 2.23. The van der Waals surface area contributed by atoms with Crippen LogP contribution in [0.5, 0.6) is 6.01 Å². The number of piperidine rings is 1. The summed E-state index contributed by atoms with van der Waals surface area (Å²) < 4.78 is 25.5. The van der Waals surface area contributed by atoms with Crippen molar-refractivity contribution >= 4 is 18.1 Å². The van der Waals surface area contributed by atoms with Crippen molar-refractivity contribution in [2.45, 2.75) is 32.8 Å². The molecule has 35 heavy (non-hydrogen) atoms. The van der Waals surface area contributed by atoms with Gasteiger partial charge in [0.15, 0.2) is 5.96 Å². The lowest BCUT2D eigenvalue weighted by molar-refractivity contribution is 0.141. The molecule has 0 radical (unpaired) electrons. The normalized spacial score (nSPS) is 13.7. The van der Waals surface area contributed by atoms with Gasteiger partial charge in [-0.2, -0.15) is 0 Å². The van der Waals surface area contributed by atoms with Crippen molar-refractivity contribution in [2.24, 2.45) is 22.4 Å². The van der Waals surface area contributed by atoms with E-state index in [0.717, 1.165) is 19.3 Å². The zero-order valence-electron chi connectivity index (χ0n) is 19.6. The molecule has 2 heterocycles. The van der Waals surface area contributed by atoms with Crippen LogP contribution < -0.4 is 21.5 Å². The van der Waals surface area contributed by atoms with E-state index < -0.39 is 17.9 Å². The monoisotopic (exact) mass is 487 g/mol. The Morgan fingerprint density at radius 2 is 1.94 bits per heavy atom. The Morgan fingerprint density at radius 1 is 1.23 bits per heavy atom. The number of aromatic nitrogens is 2. The highest BCUT2D eigenvalue weighted by molar-refractivity contribution is 5.87. The number of guanidine groups is 1. The minimum atomic E-state index is -1.01. The molecule has 1 aromatic heterocycles. The number of urea groups is 1. The van der Waals surface area contributed by atoms with Gasteiger partial charge in [-0.25, -0.2) is 23.9 Å². The molecule has 0 unspecified atom stereocenters. The van der Waals surface area contributed by atoms with E-state index in [2.05, 4.69) is 20.3 Å². The topological polar surface area (TPSA) is 158 Å². The van der Waals surface area contributed by atoms with Gasteiger partial charge in [0, 0.05) is 48.7 Å². The summed E-state index contributed by atoms with van der Waals surface area (Å²) in [7, 11) is 0. The van der Waals surface area contributed by atoms with Gasteiger partial charge >= 0.3 is 18.1 Å². The molecule has 1 fully saturated rings. The highest BCUT2D eigenvalue weighted by Crippen LogP contribution is 2.25. The molecule has 3 rings (SSSR count). The summed E-state index contributed by atoms with van der Waals surface area (Å²) in [5.74, 6) is -0.717. The van der Waals surface area contributed by atoms with Crippen LogP contribution >= 0.6 is 0 Å². The SMILES string of the molecule is CCCNC(=O)N1CCC(COc2ncc(-c3cccc(COC(=O)N=C(N)N)c3F)cn2)CC1. The Hall–Kier alpha value is -3.96. The van der Waals surface area contributed by atoms with Crippen LogP contribution in [0, 0.1) is 11.7 Å². The quantitative estimate of drug-likeness (QED) is 0.378. The Morgan fingerprint density at radius 3 is 2.60 bits per heavy atom. The molecule has 0 bridgehead atoms. The lowest BCUT2D eigenvalue weighted by Gasteiger charge is -2.31. The van der Waals surface area contributed by atoms with Crippen molar-refractivity contribution in [2.75, 3.05) is 26.2 Å². The van der Waals surface area contributed by atoms with Gasteiger partial charge in [-0.15, -0.1) is 4.99 Å². The maximum absolute atomic E-state index is 14.9. The van der Waals surface area contributed by atoms with Crippen molar-refractivity contribution in [3.8, 4) is 17.1 Å². The zero-order valence-corrected chi connectivity index (χ0v) is 19.6. The Labute approximate surface area is 202 Å². The fraction of sp³-hybridized carbons (Fsp3) is 0.435. The number of carbonyl (C=O) groups excluding carboxylic acids is 2. The van der Waals surface area contributed by atoms with E-state index in [1.165, 1.54) is 18.5 Å². The molecule has 3 amide bonds. The van der Waals surface area contributed by atoms with E-state index in [9.17, 15) is 14.0 Å². The van der Waals surface area contributed by atoms with Gasteiger partial charge in [-0.05, 0) is 25.2 Å². The van der Waals surface area contributed by atoms with Crippen LogP contribution in [0.3, 0.4) is 0 Å². The van der Waals surface area contributed by atoms with Gasteiger partial charge < -0.3 is 31.2 Å². The van der Waals surface area contributed by atoms with Gasteiger partial charge in [0.05, 0.1) is 6.61 Å². The molecule has 1 aliphatic heterocycles. The highest BCUT2D eigenvalue weighted by atomic mass is 19.1. The van der Waals surface area contributed by atoms with Crippen molar-refractivity contribution in [1.82, 2.24) is 20.2 Å². The molecule has 11 nitrogen and oxygen atoms in total. The number of benzene rings is 1. The van der Waals surface area contributed by atoms with Crippen LogP contribution in [0.2, 0.25) is 0 Å².